The second-order valence-corrected chi connectivity index (χ2v) is 9.44. The summed E-state index contributed by atoms with van der Waals surface area (Å²) >= 11 is 11.8. The number of benzene rings is 1. The van der Waals surface area contributed by atoms with Crippen LogP contribution in [0.5, 0.6) is 0 Å². The first kappa shape index (κ1) is 17.8. The minimum Gasteiger partial charge on any atom is -0.352 e. The molecule has 1 amide bonds. The Bertz CT molecular complexity index is 754. The van der Waals surface area contributed by atoms with Gasteiger partial charge in [0, 0.05) is 6.04 Å². The van der Waals surface area contributed by atoms with Crippen LogP contribution < -0.4 is 9.62 Å². The lowest BCUT2D eigenvalue weighted by molar-refractivity contribution is -0.120. The number of nitrogens with zero attached hydrogens (tertiary/aromatic N) is 1. The molecule has 0 aromatic heterocycles. The normalized spacial score (nSPS) is 25.7. The van der Waals surface area contributed by atoms with E-state index in [-0.39, 0.29) is 23.5 Å². The van der Waals surface area contributed by atoms with Gasteiger partial charge in [-0.2, -0.15) is 0 Å². The fraction of sp³-hybridized carbons (Fsp3) is 0.562. The van der Waals surface area contributed by atoms with E-state index in [9.17, 15) is 13.2 Å². The molecule has 0 aliphatic heterocycles. The number of halogens is 2. The van der Waals surface area contributed by atoms with Crippen LogP contribution >= 0.6 is 23.2 Å². The maximum atomic E-state index is 12.4. The van der Waals surface area contributed by atoms with Crippen molar-refractivity contribution >= 4 is 44.8 Å². The van der Waals surface area contributed by atoms with E-state index in [0.717, 1.165) is 23.4 Å². The highest BCUT2D eigenvalue weighted by Crippen LogP contribution is 2.44. The van der Waals surface area contributed by atoms with Crippen molar-refractivity contribution in [3.8, 4) is 0 Å². The molecule has 2 fully saturated rings. The van der Waals surface area contributed by atoms with Crippen molar-refractivity contribution in [3.05, 3.63) is 28.2 Å². The average Bonchev–Trinajstić information content (AvgIpc) is 3.09. The van der Waals surface area contributed by atoms with E-state index in [4.69, 9.17) is 23.2 Å². The number of hydrogen-bond donors (Lipinski definition) is 1. The van der Waals surface area contributed by atoms with Crippen molar-refractivity contribution in [1.29, 1.82) is 0 Å². The highest BCUT2D eigenvalue weighted by Gasteiger charge is 2.40. The minimum absolute atomic E-state index is 0.173. The highest BCUT2D eigenvalue weighted by atomic mass is 35.5. The first-order valence-electron chi connectivity index (χ1n) is 7.96. The Morgan fingerprint density at radius 3 is 2.54 bits per heavy atom. The van der Waals surface area contributed by atoms with Gasteiger partial charge in [-0.15, -0.1) is 0 Å². The lowest BCUT2D eigenvalue weighted by Crippen LogP contribution is -2.45. The van der Waals surface area contributed by atoms with Gasteiger partial charge in [-0.05, 0) is 49.3 Å². The van der Waals surface area contributed by atoms with Crippen LogP contribution in [-0.4, -0.2) is 33.2 Å². The van der Waals surface area contributed by atoms with E-state index in [0.29, 0.717) is 22.5 Å². The Morgan fingerprint density at radius 2 is 2.00 bits per heavy atom. The Kier molecular flexibility index (Phi) is 5.00. The second-order valence-electron chi connectivity index (χ2n) is 6.72. The molecular formula is C16H20Cl2N2O3S. The van der Waals surface area contributed by atoms with Gasteiger partial charge in [-0.1, -0.05) is 29.6 Å². The monoisotopic (exact) mass is 390 g/mol. The molecule has 0 saturated heterocycles. The van der Waals surface area contributed by atoms with Gasteiger partial charge in [-0.25, -0.2) is 8.42 Å². The Hall–Kier alpha value is -0.980. The molecule has 2 aliphatic rings. The van der Waals surface area contributed by atoms with E-state index in [1.54, 1.807) is 6.07 Å². The van der Waals surface area contributed by atoms with Crippen molar-refractivity contribution in [1.82, 2.24) is 5.32 Å². The largest absolute Gasteiger partial charge is 0.352 e. The van der Waals surface area contributed by atoms with Gasteiger partial charge in [0.25, 0.3) is 0 Å². The first-order chi connectivity index (χ1) is 11.2. The fourth-order valence-corrected chi connectivity index (χ4v) is 4.99. The number of sulfonamides is 1. The molecule has 5 nitrogen and oxygen atoms in total. The molecule has 1 aromatic carbocycles. The number of amides is 1. The molecular weight excluding hydrogens is 371 g/mol. The van der Waals surface area contributed by atoms with Crippen LogP contribution in [0.3, 0.4) is 0 Å². The predicted molar refractivity (Wildman–Crippen MR) is 96.0 cm³/mol. The number of hydrogen-bond acceptors (Lipinski definition) is 3. The molecule has 24 heavy (non-hydrogen) atoms. The van der Waals surface area contributed by atoms with E-state index in [1.165, 1.54) is 25.0 Å². The third-order valence-electron chi connectivity index (χ3n) is 4.96. The molecule has 1 aromatic rings. The quantitative estimate of drug-likeness (QED) is 0.839. The van der Waals surface area contributed by atoms with E-state index >= 15 is 0 Å². The SMILES string of the molecule is CS(=O)(=O)N(CC(=O)NC1CC2CCC1C2)c1ccc(Cl)c(Cl)c1. The summed E-state index contributed by atoms with van der Waals surface area (Å²) < 4.78 is 25.2. The number of nitrogens with one attached hydrogen (secondary N) is 1. The minimum atomic E-state index is -3.62. The summed E-state index contributed by atoms with van der Waals surface area (Å²) in [5.74, 6) is 0.959. The zero-order chi connectivity index (χ0) is 17.5. The zero-order valence-corrected chi connectivity index (χ0v) is 15.7. The van der Waals surface area contributed by atoms with Crippen LogP contribution in [0.15, 0.2) is 18.2 Å². The second kappa shape index (κ2) is 6.73. The van der Waals surface area contributed by atoms with E-state index in [2.05, 4.69) is 5.32 Å². The van der Waals surface area contributed by atoms with Crippen LogP contribution in [0.1, 0.15) is 25.7 Å². The van der Waals surface area contributed by atoms with Gasteiger partial charge in [0.2, 0.25) is 15.9 Å². The number of carbonyl (C=O) groups is 1. The third kappa shape index (κ3) is 3.81. The number of rotatable bonds is 5. The number of carbonyl (C=O) groups excluding carboxylic acids is 1. The molecule has 3 rings (SSSR count). The standard InChI is InChI=1S/C16H20Cl2N2O3S/c1-24(22,23)20(12-4-5-13(17)14(18)8-12)9-16(21)19-15-7-10-2-3-11(15)6-10/h4-5,8,10-11,15H,2-3,6-7,9H2,1H3,(H,19,21). The Balaban J connectivity index is 1.72. The molecule has 3 unspecified atom stereocenters. The van der Waals surface area contributed by atoms with Crippen LogP contribution in [0.2, 0.25) is 10.0 Å². The van der Waals surface area contributed by atoms with Crippen molar-refractivity contribution in [2.45, 2.75) is 31.7 Å². The molecule has 0 heterocycles. The van der Waals surface area contributed by atoms with Gasteiger partial charge in [0.15, 0.2) is 0 Å². The maximum absolute atomic E-state index is 12.4. The van der Waals surface area contributed by atoms with Crippen molar-refractivity contribution in [2.75, 3.05) is 17.1 Å². The van der Waals surface area contributed by atoms with E-state index in [1.807, 2.05) is 0 Å². The molecule has 2 saturated carbocycles. The average molecular weight is 391 g/mol. The molecule has 8 heteroatoms. The Morgan fingerprint density at radius 1 is 1.25 bits per heavy atom. The number of anilines is 1. The first-order valence-corrected chi connectivity index (χ1v) is 10.6. The van der Waals surface area contributed by atoms with Gasteiger partial charge in [0.1, 0.15) is 6.54 Å². The van der Waals surface area contributed by atoms with Gasteiger partial charge >= 0.3 is 0 Å². The molecule has 1 N–H and O–H groups in total. The summed E-state index contributed by atoms with van der Waals surface area (Å²) in [5, 5.41) is 3.58. The van der Waals surface area contributed by atoms with Gasteiger partial charge in [-0.3, -0.25) is 9.10 Å². The summed E-state index contributed by atoms with van der Waals surface area (Å²) in [4.78, 5) is 12.4. The molecule has 0 spiro atoms. The topological polar surface area (TPSA) is 66.5 Å². The molecule has 0 radical (unpaired) electrons. The maximum Gasteiger partial charge on any atom is 0.241 e. The fourth-order valence-electron chi connectivity index (χ4n) is 3.84. The molecule has 2 aliphatic carbocycles. The van der Waals surface area contributed by atoms with Gasteiger partial charge < -0.3 is 5.32 Å². The van der Waals surface area contributed by atoms with Crippen molar-refractivity contribution < 1.29 is 13.2 Å². The third-order valence-corrected chi connectivity index (χ3v) is 6.84. The molecule has 3 atom stereocenters. The number of fused-ring (bicyclic) bond motifs is 2. The summed E-state index contributed by atoms with van der Waals surface area (Å²) in [6.07, 6.45) is 5.64. The smallest absolute Gasteiger partial charge is 0.241 e. The predicted octanol–water partition coefficient (Wildman–Crippen LogP) is 3.06. The Labute approximate surface area is 152 Å². The van der Waals surface area contributed by atoms with Crippen LogP contribution in [0, 0.1) is 11.8 Å². The highest BCUT2D eigenvalue weighted by molar-refractivity contribution is 7.92. The summed E-state index contributed by atoms with van der Waals surface area (Å²) in [7, 11) is -3.62. The summed E-state index contributed by atoms with van der Waals surface area (Å²) in [6.45, 7) is -0.259. The molecule has 2 bridgehead atoms. The summed E-state index contributed by atoms with van der Waals surface area (Å²) in [5.41, 5.74) is 0.329. The van der Waals surface area contributed by atoms with Crippen LogP contribution in [-0.2, 0) is 14.8 Å². The van der Waals surface area contributed by atoms with Gasteiger partial charge in [0.05, 0.1) is 22.0 Å². The zero-order valence-electron chi connectivity index (χ0n) is 13.3. The van der Waals surface area contributed by atoms with E-state index < -0.39 is 10.0 Å². The summed E-state index contributed by atoms with van der Waals surface area (Å²) in [6, 6.07) is 4.69. The van der Waals surface area contributed by atoms with Crippen LogP contribution in [0.25, 0.3) is 0 Å². The van der Waals surface area contributed by atoms with Crippen LogP contribution in [0.4, 0.5) is 5.69 Å². The van der Waals surface area contributed by atoms with Crippen molar-refractivity contribution in [3.63, 3.8) is 0 Å². The lowest BCUT2D eigenvalue weighted by Gasteiger charge is -2.26. The lowest BCUT2D eigenvalue weighted by atomic mass is 9.95. The molecule has 132 valence electrons. The van der Waals surface area contributed by atoms with Crippen molar-refractivity contribution in [2.24, 2.45) is 11.8 Å².